The topological polar surface area (TPSA) is 74.8 Å². The maximum atomic E-state index is 11.8. The van der Waals surface area contributed by atoms with Crippen LogP contribution in [0.15, 0.2) is 29.3 Å². The van der Waals surface area contributed by atoms with Gasteiger partial charge in [-0.25, -0.2) is 4.99 Å². The Hall–Kier alpha value is -1.35. The third-order valence-corrected chi connectivity index (χ3v) is 4.36. The van der Waals surface area contributed by atoms with Gasteiger partial charge in [-0.1, -0.05) is 39.8 Å². The highest BCUT2D eigenvalue weighted by Gasteiger charge is 2.13. The zero-order chi connectivity index (χ0) is 20.9. The summed E-state index contributed by atoms with van der Waals surface area (Å²) in [5.41, 5.74) is 1.90. The van der Waals surface area contributed by atoms with E-state index in [0.717, 1.165) is 43.3 Å². The van der Waals surface area contributed by atoms with Gasteiger partial charge in [0.1, 0.15) is 0 Å². The SMILES string of the molecule is CCNC(=NCc1ccc(NC(=O)C(C)C)cc1)NCCC(OCC)C(C)C.I. The number of hydrogen-bond acceptors (Lipinski definition) is 3. The average molecular weight is 518 g/mol. The van der Waals surface area contributed by atoms with Crippen LogP contribution in [0.5, 0.6) is 0 Å². The molecule has 0 aliphatic heterocycles. The van der Waals surface area contributed by atoms with Crippen molar-refractivity contribution in [3.63, 3.8) is 0 Å². The molecule has 0 saturated carbocycles. The number of guanidine groups is 1. The molecule has 1 amide bonds. The minimum atomic E-state index is -0.0314. The number of amides is 1. The molecular weight excluding hydrogens is 479 g/mol. The summed E-state index contributed by atoms with van der Waals surface area (Å²) in [6, 6.07) is 7.82. The number of anilines is 1. The van der Waals surface area contributed by atoms with E-state index >= 15 is 0 Å². The minimum absolute atomic E-state index is 0. The normalized spacial score (nSPS) is 12.5. The zero-order valence-electron chi connectivity index (χ0n) is 18.7. The lowest BCUT2D eigenvalue weighted by atomic mass is 10.0. The Labute approximate surface area is 193 Å². The first-order valence-electron chi connectivity index (χ1n) is 10.4. The molecule has 0 spiro atoms. The fourth-order valence-electron chi connectivity index (χ4n) is 2.65. The molecule has 3 N–H and O–H groups in total. The van der Waals surface area contributed by atoms with Crippen LogP contribution in [0.2, 0.25) is 0 Å². The van der Waals surface area contributed by atoms with Crippen molar-refractivity contribution < 1.29 is 9.53 Å². The van der Waals surface area contributed by atoms with E-state index in [-0.39, 0.29) is 41.9 Å². The highest BCUT2D eigenvalue weighted by Crippen LogP contribution is 2.12. The van der Waals surface area contributed by atoms with Crippen molar-refractivity contribution in [2.75, 3.05) is 25.0 Å². The van der Waals surface area contributed by atoms with Gasteiger partial charge < -0.3 is 20.7 Å². The lowest BCUT2D eigenvalue weighted by molar-refractivity contribution is -0.118. The van der Waals surface area contributed by atoms with Crippen LogP contribution in [0.4, 0.5) is 5.69 Å². The van der Waals surface area contributed by atoms with Gasteiger partial charge in [0.05, 0.1) is 12.6 Å². The largest absolute Gasteiger partial charge is 0.378 e. The second-order valence-corrected chi connectivity index (χ2v) is 7.49. The Morgan fingerprint density at radius 1 is 1.07 bits per heavy atom. The quantitative estimate of drug-likeness (QED) is 0.231. The summed E-state index contributed by atoms with van der Waals surface area (Å²) < 4.78 is 5.80. The molecule has 1 aromatic rings. The van der Waals surface area contributed by atoms with Crippen molar-refractivity contribution in [2.45, 2.75) is 60.6 Å². The second kappa shape index (κ2) is 15.5. The number of aliphatic imine (C=N–C) groups is 1. The monoisotopic (exact) mass is 518 g/mol. The number of halogens is 1. The Kier molecular flexibility index (Phi) is 14.8. The standard InChI is InChI=1S/C22H38N4O2.HI/c1-7-23-22(24-14-13-20(16(3)4)28-8-2)25-15-18-9-11-19(12-10-18)26-21(27)17(5)6;/h9-12,16-17,20H,7-8,13-15H2,1-6H3,(H,26,27)(H2,23,24,25);1H. The predicted molar refractivity (Wildman–Crippen MR) is 133 cm³/mol. The smallest absolute Gasteiger partial charge is 0.226 e. The Morgan fingerprint density at radius 2 is 1.72 bits per heavy atom. The molecule has 1 atom stereocenters. The molecule has 1 unspecified atom stereocenters. The number of ether oxygens (including phenoxy) is 1. The number of nitrogens with one attached hydrogen (secondary N) is 3. The van der Waals surface area contributed by atoms with Crippen LogP contribution in [0, 0.1) is 11.8 Å². The summed E-state index contributed by atoms with van der Waals surface area (Å²) in [5.74, 6) is 1.29. The van der Waals surface area contributed by atoms with E-state index in [9.17, 15) is 4.79 Å². The summed E-state index contributed by atoms with van der Waals surface area (Å²) in [6.45, 7) is 15.2. The average Bonchev–Trinajstić information content (AvgIpc) is 2.66. The van der Waals surface area contributed by atoms with Crippen molar-refractivity contribution in [2.24, 2.45) is 16.8 Å². The van der Waals surface area contributed by atoms with Crippen molar-refractivity contribution in [3.8, 4) is 0 Å². The van der Waals surface area contributed by atoms with Gasteiger partial charge in [0.25, 0.3) is 0 Å². The highest BCUT2D eigenvalue weighted by atomic mass is 127. The van der Waals surface area contributed by atoms with Gasteiger partial charge in [-0.15, -0.1) is 24.0 Å². The van der Waals surface area contributed by atoms with Crippen LogP contribution in [-0.2, 0) is 16.1 Å². The van der Waals surface area contributed by atoms with Crippen LogP contribution >= 0.6 is 24.0 Å². The van der Waals surface area contributed by atoms with Crippen LogP contribution in [0.25, 0.3) is 0 Å². The first-order chi connectivity index (χ1) is 13.4. The third kappa shape index (κ3) is 11.4. The van der Waals surface area contributed by atoms with Gasteiger partial charge in [0.15, 0.2) is 5.96 Å². The van der Waals surface area contributed by atoms with Crippen LogP contribution in [0.3, 0.4) is 0 Å². The van der Waals surface area contributed by atoms with E-state index in [4.69, 9.17) is 4.74 Å². The van der Waals surface area contributed by atoms with E-state index in [1.807, 2.05) is 45.0 Å². The summed E-state index contributed by atoms with van der Waals surface area (Å²) >= 11 is 0. The maximum Gasteiger partial charge on any atom is 0.226 e. The summed E-state index contributed by atoms with van der Waals surface area (Å²) in [4.78, 5) is 16.4. The van der Waals surface area contributed by atoms with E-state index in [0.29, 0.717) is 12.5 Å². The lowest BCUT2D eigenvalue weighted by Gasteiger charge is -2.21. The number of nitrogens with zero attached hydrogens (tertiary/aromatic N) is 1. The highest BCUT2D eigenvalue weighted by molar-refractivity contribution is 14.0. The molecule has 0 saturated heterocycles. The first-order valence-corrected chi connectivity index (χ1v) is 10.4. The van der Waals surface area contributed by atoms with Crippen molar-refractivity contribution in [3.05, 3.63) is 29.8 Å². The van der Waals surface area contributed by atoms with E-state index in [1.54, 1.807) is 0 Å². The molecular formula is C22H39IN4O2. The zero-order valence-corrected chi connectivity index (χ0v) is 21.1. The molecule has 166 valence electrons. The lowest BCUT2D eigenvalue weighted by Crippen LogP contribution is -2.39. The molecule has 0 aromatic heterocycles. The molecule has 0 fully saturated rings. The number of rotatable bonds is 11. The number of hydrogen-bond donors (Lipinski definition) is 3. The van der Waals surface area contributed by atoms with Crippen LogP contribution in [-0.4, -0.2) is 37.7 Å². The van der Waals surface area contributed by atoms with Gasteiger partial charge in [-0.2, -0.15) is 0 Å². The van der Waals surface area contributed by atoms with E-state index < -0.39 is 0 Å². The molecule has 0 radical (unpaired) electrons. The van der Waals surface area contributed by atoms with Crippen molar-refractivity contribution >= 4 is 41.5 Å². The summed E-state index contributed by atoms with van der Waals surface area (Å²) in [5, 5.41) is 9.57. The van der Waals surface area contributed by atoms with Gasteiger partial charge in [-0.3, -0.25) is 4.79 Å². The third-order valence-electron chi connectivity index (χ3n) is 4.36. The maximum absolute atomic E-state index is 11.8. The van der Waals surface area contributed by atoms with Crippen LogP contribution < -0.4 is 16.0 Å². The molecule has 29 heavy (non-hydrogen) atoms. The summed E-state index contributed by atoms with van der Waals surface area (Å²) in [7, 11) is 0. The van der Waals surface area contributed by atoms with E-state index in [2.05, 4.69) is 41.7 Å². The summed E-state index contributed by atoms with van der Waals surface area (Å²) in [6.07, 6.45) is 1.20. The van der Waals surface area contributed by atoms with Crippen molar-refractivity contribution in [1.29, 1.82) is 0 Å². The Morgan fingerprint density at radius 3 is 2.24 bits per heavy atom. The molecule has 0 aliphatic carbocycles. The molecule has 0 aliphatic rings. The molecule has 7 heteroatoms. The van der Waals surface area contributed by atoms with E-state index in [1.165, 1.54) is 0 Å². The van der Waals surface area contributed by atoms with Gasteiger partial charge in [0.2, 0.25) is 5.91 Å². The Balaban J connectivity index is 0.00000784. The second-order valence-electron chi connectivity index (χ2n) is 7.49. The minimum Gasteiger partial charge on any atom is -0.378 e. The fraction of sp³-hybridized carbons (Fsp3) is 0.636. The number of carbonyl (C=O) groups is 1. The number of carbonyl (C=O) groups excluding carboxylic acids is 1. The predicted octanol–water partition coefficient (Wildman–Crippen LogP) is 4.41. The van der Waals surface area contributed by atoms with Crippen molar-refractivity contribution in [1.82, 2.24) is 10.6 Å². The molecule has 0 bridgehead atoms. The fourth-order valence-corrected chi connectivity index (χ4v) is 2.65. The first kappa shape index (κ1) is 27.6. The molecule has 0 heterocycles. The molecule has 6 nitrogen and oxygen atoms in total. The van der Waals surface area contributed by atoms with Gasteiger partial charge in [-0.05, 0) is 43.9 Å². The van der Waals surface area contributed by atoms with Crippen LogP contribution in [0.1, 0.15) is 53.5 Å². The van der Waals surface area contributed by atoms with Gasteiger partial charge >= 0.3 is 0 Å². The van der Waals surface area contributed by atoms with Gasteiger partial charge in [0, 0.05) is 31.3 Å². The molecule has 1 rings (SSSR count). The Bertz CT molecular complexity index is 603. The number of benzene rings is 1. The molecule has 1 aromatic carbocycles.